The number of imide groups is 2. The summed E-state index contributed by atoms with van der Waals surface area (Å²) in [7, 11) is 0. The van der Waals surface area contributed by atoms with E-state index in [4.69, 9.17) is 0 Å². The first-order chi connectivity index (χ1) is 18.8. The maximum absolute atomic E-state index is 12.8. The molecule has 0 aliphatic carbocycles. The Bertz CT molecular complexity index is 1080. The van der Waals surface area contributed by atoms with Crippen LogP contribution in [0.2, 0.25) is 0 Å². The van der Waals surface area contributed by atoms with Crippen molar-refractivity contribution in [1.82, 2.24) is 9.80 Å². The smallest absolute Gasteiger partial charge is 0.254 e. The van der Waals surface area contributed by atoms with Crippen LogP contribution in [0.5, 0.6) is 0 Å². The van der Waals surface area contributed by atoms with Gasteiger partial charge in [0.25, 0.3) is 11.8 Å². The van der Waals surface area contributed by atoms with Crippen molar-refractivity contribution in [2.75, 3.05) is 24.6 Å². The van der Waals surface area contributed by atoms with E-state index in [-0.39, 0.29) is 85.8 Å². The van der Waals surface area contributed by atoms with Crippen molar-refractivity contribution in [3.63, 3.8) is 0 Å². The van der Waals surface area contributed by atoms with Crippen LogP contribution in [-0.4, -0.2) is 69.6 Å². The largest absolute Gasteiger partial charge is 0.300 e. The maximum Gasteiger partial charge on any atom is 0.254 e. The van der Waals surface area contributed by atoms with Gasteiger partial charge in [0.1, 0.15) is 11.6 Å². The van der Waals surface area contributed by atoms with E-state index in [1.807, 2.05) is 27.7 Å². The van der Waals surface area contributed by atoms with Crippen LogP contribution in [0.1, 0.15) is 79.1 Å². The van der Waals surface area contributed by atoms with Crippen molar-refractivity contribution in [3.8, 4) is 0 Å². The van der Waals surface area contributed by atoms with Gasteiger partial charge in [0, 0.05) is 60.7 Å². The summed E-state index contributed by atoms with van der Waals surface area (Å²) in [6, 6.07) is 0. The molecule has 8 nitrogen and oxygen atoms in total. The zero-order valence-corrected chi connectivity index (χ0v) is 25.6. The standard InChI is InChI=1S/C30H40N2O6S2/c1-29(2,17-31-25(35)15-23-21(27(31)37)9-13-39-23)11-7-19(33)5-6-20(34)8-12-30(3,4)18-32-26(36)16-24-22(28(32)38)10-14-40-24/h15-16,21-22H,5-14,17-18H2,1-4H3. The summed E-state index contributed by atoms with van der Waals surface area (Å²) in [5, 5.41) is 0. The molecule has 2 fully saturated rings. The predicted molar refractivity (Wildman–Crippen MR) is 156 cm³/mol. The molecule has 0 bridgehead atoms. The second-order valence-electron chi connectivity index (χ2n) is 12.9. The lowest BCUT2D eigenvalue weighted by Gasteiger charge is -2.34. The number of Topliss-reactive ketones (excluding diaryl/α,β-unsaturated/α-hetero) is 2. The Morgan fingerprint density at radius 2 is 1.07 bits per heavy atom. The van der Waals surface area contributed by atoms with Crippen molar-refractivity contribution in [1.29, 1.82) is 0 Å². The Kier molecular flexibility index (Phi) is 9.49. The summed E-state index contributed by atoms with van der Waals surface area (Å²) in [4.78, 5) is 80.3. The van der Waals surface area contributed by atoms with Gasteiger partial charge in [-0.25, -0.2) is 0 Å². The van der Waals surface area contributed by atoms with E-state index in [0.717, 1.165) is 34.2 Å². The summed E-state index contributed by atoms with van der Waals surface area (Å²) < 4.78 is 0. The van der Waals surface area contributed by atoms with Crippen molar-refractivity contribution in [3.05, 3.63) is 22.0 Å². The number of carbonyl (C=O) groups is 6. The van der Waals surface area contributed by atoms with Crippen LogP contribution in [0, 0.1) is 22.7 Å². The maximum atomic E-state index is 12.8. The number of ketones is 2. The lowest BCUT2D eigenvalue weighted by molar-refractivity contribution is -0.148. The monoisotopic (exact) mass is 588 g/mol. The van der Waals surface area contributed by atoms with Crippen molar-refractivity contribution >= 4 is 58.7 Å². The minimum atomic E-state index is -0.414. The highest BCUT2D eigenvalue weighted by molar-refractivity contribution is 8.03. The molecule has 40 heavy (non-hydrogen) atoms. The van der Waals surface area contributed by atoms with Crippen molar-refractivity contribution < 1.29 is 28.8 Å². The van der Waals surface area contributed by atoms with Crippen LogP contribution in [0.4, 0.5) is 0 Å². The summed E-state index contributed by atoms with van der Waals surface area (Å²) in [5.41, 5.74) is -0.828. The molecule has 0 saturated carbocycles. The first kappa shape index (κ1) is 30.8. The summed E-state index contributed by atoms with van der Waals surface area (Å²) in [6.07, 6.45) is 6.64. The number of carbonyl (C=O) groups excluding carboxylic acids is 6. The van der Waals surface area contributed by atoms with E-state index in [1.165, 1.54) is 9.80 Å². The fraction of sp³-hybridized carbons (Fsp3) is 0.667. The molecule has 0 aromatic carbocycles. The molecule has 4 aliphatic heterocycles. The average Bonchev–Trinajstić information content (AvgIpc) is 3.55. The topological polar surface area (TPSA) is 109 Å². The zero-order valence-electron chi connectivity index (χ0n) is 24.0. The SMILES string of the molecule is CC(C)(CCC(=O)CCC(=O)CCC(C)(C)CN1C(=O)C=C2SCCC2C1=O)CN1C(=O)C=C2SCCC2C1=O. The van der Waals surface area contributed by atoms with Gasteiger partial charge in [-0.1, -0.05) is 27.7 Å². The molecule has 2 atom stereocenters. The average molecular weight is 589 g/mol. The Balaban J connectivity index is 1.17. The van der Waals surface area contributed by atoms with E-state index in [9.17, 15) is 28.8 Å². The van der Waals surface area contributed by atoms with Crippen LogP contribution >= 0.6 is 23.5 Å². The van der Waals surface area contributed by atoms with Gasteiger partial charge < -0.3 is 0 Å². The highest BCUT2D eigenvalue weighted by Gasteiger charge is 2.42. The fourth-order valence-electron chi connectivity index (χ4n) is 5.65. The number of nitrogens with zero attached hydrogens (tertiary/aromatic N) is 2. The van der Waals surface area contributed by atoms with E-state index in [2.05, 4.69) is 0 Å². The second-order valence-corrected chi connectivity index (χ2v) is 15.2. The molecule has 218 valence electrons. The third kappa shape index (κ3) is 7.35. The Labute approximate surface area is 245 Å². The van der Waals surface area contributed by atoms with Crippen LogP contribution in [0.3, 0.4) is 0 Å². The normalized spacial score (nSPS) is 23.3. The van der Waals surface area contributed by atoms with Crippen molar-refractivity contribution in [2.24, 2.45) is 22.7 Å². The third-order valence-electron chi connectivity index (χ3n) is 8.25. The van der Waals surface area contributed by atoms with Gasteiger partial charge in [0.2, 0.25) is 11.8 Å². The van der Waals surface area contributed by atoms with Gasteiger partial charge in [0.15, 0.2) is 0 Å². The first-order valence-electron chi connectivity index (χ1n) is 14.2. The molecule has 4 amide bonds. The summed E-state index contributed by atoms with van der Waals surface area (Å²) in [6.45, 7) is 8.37. The zero-order chi connectivity index (χ0) is 29.2. The van der Waals surface area contributed by atoms with Crippen molar-refractivity contribution in [2.45, 2.75) is 79.1 Å². The highest BCUT2D eigenvalue weighted by atomic mass is 32.2. The molecule has 4 rings (SSSR count). The molecule has 2 saturated heterocycles. The predicted octanol–water partition coefficient (Wildman–Crippen LogP) is 4.53. The molecule has 2 unspecified atom stereocenters. The highest BCUT2D eigenvalue weighted by Crippen LogP contribution is 2.42. The Morgan fingerprint density at radius 1 is 0.700 bits per heavy atom. The van der Waals surface area contributed by atoms with Gasteiger partial charge in [-0.3, -0.25) is 38.6 Å². The fourth-order valence-corrected chi connectivity index (χ4v) is 8.04. The number of amides is 4. The Hall–Kier alpha value is -2.20. The molecule has 4 aliphatic rings. The molecule has 0 aromatic heterocycles. The molecule has 10 heteroatoms. The van der Waals surface area contributed by atoms with Gasteiger partial charge in [-0.05, 0) is 48.0 Å². The first-order valence-corrected chi connectivity index (χ1v) is 16.2. The van der Waals surface area contributed by atoms with Crippen LogP contribution in [0.25, 0.3) is 0 Å². The van der Waals surface area contributed by atoms with E-state index < -0.39 is 10.8 Å². The van der Waals surface area contributed by atoms with Crippen LogP contribution in [0.15, 0.2) is 22.0 Å². The van der Waals surface area contributed by atoms with Gasteiger partial charge in [-0.2, -0.15) is 0 Å². The van der Waals surface area contributed by atoms with Gasteiger partial charge in [0.05, 0.1) is 11.8 Å². The molecule has 0 radical (unpaired) electrons. The third-order valence-corrected chi connectivity index (χ3v) is 10.6. The van der Waals surface area contributed by atoms with Gasteiger partial charge >= 0.3 is 0 Å². The molecule has 0 N–H and O–H groups in total. The van der Waals surface area contributed by atoms with E-state index >= 15 is 0 Å². The molecular formula is C30H40N2O6S2. The summed E-state index contributed by atoms with van der Waals surface area (Å²) in [5.74, 6) is 0.488. The van der Waals surface area contributed by atoms with Crippen LogP contribution in [-0.2, 0) is 28.8 Å². The Morgan fingerprint density at radius 3 is 1.45 bits per heavy atom. The van der Waals surface area contributed by atoms with E-state index in [0.29, 0.717) is 12.8 Å². The number of rotatable bonds is 13. The lowest BCUT2D eigenvalue weighted by atomic mass is 9.84. The number of hydrogen-bond donors (Lipinski definition) is 0. The molecule has 0 spiro atoms. The number of thioether (sulfide) groups is 2. The van der Waals surface area contributed by atoms with Gasteiger partial charge in [-0.15, -0.1) is 23.5 Å². The second kappa shape index (κ2) is 12.3. The molecule has 4 heterocycles. The number of hydrogen-bond acceptors (Lipinski definition) is 8. The quantitative estimate of drug-likeness (QED) is 0.289. The lowest BCUT2D eigenvalue weighted by Crippen LogP contribution is -2.47. The molecule has 0 aromatic rings. The van der Waals surface area contributed by atoms with E-state index in [1.54, 1.807) is 35.7 Å². The minimum Gasteiger partial charge on any atom is -0.300 e. The molecular weight excluding hydrogens is 548 g/mol. The minimum absolute atomic E-state index is 0.00658. The number of fused-ring (bicyclic) bond motifs is 2. The summed E-state index contributed by atoms with van der Waals surface area (Å²) >= 11 is 3.16. The van der Waals surface area contributed by atoms with Crippen LogP contribution < -0.4 is 0 Å².